The van der Waals surface area contributed by atoms with Gasteiger partial charge in [-0.15, -0.1) is 0 Å². The van der Waals surface area contributed by atoms with Crippen molar-refractivity contribution in [2.24, 2.45) is 5.92 Å². The number of benzene rings is 3. The lowest BCUT2D eigenvalue weighted by Gasteiger charge is -2.49. The molecule has 3 aromatic carbocycles. The quantitative estimate of drug-likeness (QED) is 0.547. The van der Waals surface area contributed by atoms with Gasteiger partial charge in [0.1, 0.15) is 5.75 Å². The highest BCUT2D eigenvalue weighted by molar-refractivity contribution is 5.82. The second-order valence-electron chi connectivity index (χ2n) is 9.23. The minimum absolute atomic E-state index is 0.154. The van der Waals surface area contributed by atoms with Crippen molar-refractivity contribution in [2.75, 3.05) is 36.5 Å². The van der Waals surface area contributed by atoms with Gasteiger partial charge in [-0.05, 0) is 47.9 Å². The second kappa shape index (κ2) is 9.76. The summed E-state index contributed by atoms with van der Waals surface area (Å²) in [6.45, 7) is 2.18. The number of alkyl halides is 3. The van der Waals surface area contributed by atoms with Crippen molar-refractivity contribution in [1.29, 1.82) is 0 Å². The fraction of sp³-hybridized carbons (Fsp3) is 0.321. The van der Waals surface area contributed by atoms with Crippen LogP contribution in [-0.4, -0.2) is 38.7 Å². The molecule has 5 rings (SSSR count). The number of rotatable bonds is 5. The Labute approximate surface area is 208 Å². The first-order valence-electron chi connectivity index (χ1n) is 12.0. The standard InChI is InChI=1S/C28H28F3N3O2/c1-36-26-10-6-5-9-24(26)33-13-14-34-23-12-11-21(28(29,30)31)15-20(23)16-22(25(34)18-33)27(35)32-17-19-7-3-2-4-8-19/h2-12,15,22,25H,13-14,16-18H2,1H3,(H,32,35)/t22-,25-/m1/s1. The summed E-state index contributed by atoms with van der Waals surface area (Å²) in [5, 5.41) is 3.02. The Balaban J connectivity index is 1.46. The van der Waals surface area contributed by atoms with E-state index in [0.717, 1.165) is 28.8 Å². The predicted molar refractivity (Wildman–Crippen MR) is 133 cm³/mol. The summed E-state index contributed by atoms with van der Waals surface area (Å²) in [6.07, 6.45) is -4.18. The fourth-order valence-electron chi connectivity index (χ4n) is 5.33. The van der Waals surface area contributed by atoms with Crippen LogP contribution in [0.4, 0.5) is 24.5 Å². The normalized spacial score (nSPS) is 19.3. The maximum Gasteiger partial charge on any atom is 0.416 e. The largest absolute Gasteiger partial charge is 0.495 e. The Morgan fingerprint density at radius 3 is 2.50 bits per heavy atom. The number of anilines is 2. The lowest BCUT2D eigenvalue weighted by atomic mass is 9.82. The summed E-state index contributed by atoms with van der Waals surface area (Å²) < 4.78 is 45.9. The zero-order valence-electron chi connectivity index (χ0n) is 20.0. The SMILES string of the molecule is COc1ccccc1N1CCN2c3ccc(C(F)(F)F)cc3C[C@@H](C(=O)NCc3ccccc3)[C@H]2C1. The van der Waals surface area contributed by atoms with E-state index in [1.54, 1.807) is 13.2 Å². The molecule has 0 bridgehead atoms. The molecule has 188 valence electrons. The summed E-state index contributed by atoms with van der Waals surface area (Å²) >= 11 is 0. The summed E-state index contributed by atoms with van der Waals surface area (Å²) in [5.41, 5.74) is 2.57. The highest BCUT2D eigenvalue weighted by atomic mass is 19.4. The molecule has 1 N–H and O–H groups in total. The topological polar surface area (TPSA) is 44.8 Å². The van der Waals surface area contributed by atoms with Crippen molar-refractivity contribution < 1.29 is 22.7 Å². The number of nitrogens with zero attached hydrogens (tertiary/aromatic N) is 2. The van der Waals surface area contributed by atoms with Crippen LogP contribution < -0.4 is 19.9 Å². The van der Waals surface area contributed by atoms with Crippen LogP contribution in [0.2, 0.25) is 0 Å². The zero-order valence-corrected chi connectivity index (χ0v) is 20.0. The molecule has 5 nitrogen and oxygen atoms in total. The molecule has 0 aliphatic carbocycles. The number of ether oxygens (including phenoxy) is 1. The molecular weight excluding hydrogens is 467 g/mol. The van der Waals surface area contributed by atoms with E-state index in [0.29, 0.717) is 31.7 Å². The molecule has 2 atom stereocenters. The van der Waals surface area contributed by atoms with Crippen LogP contribution in [0.3, 0.4) is 0 Å². The van der Waals surface area contributed by atoms with Crippen LogP contribution in [0.25, 0.3) is 0 Å². The molecule has 1 amide bonds. The minimum atomic E-state index is -4.43. The highest BCUT2D eigenvalue weighted by Gasteiger charge is 2.43. The molecular formula is C28H28F3N3O2. The van der Waals surface area contributed by atoms with Gasteiger partial charge < -0.3 is 19.9 Å². The lowest BCUT2D eigenvalue weighted by molar-refractivity contribution is -0.137. The van der Waals surface area contributed by atoms with E-state index in [9.17, 15) is 18.0 Å². The molecule has 2 heterocycles. The van der Waals surface area contributed by atoms with Gasteiger partial charge in [-0.2, -0.15) is 13.2 Å². The molecule has 0 radical (unpaired) electrons. The molecule has 0 saturated carbocycles. The van der Waals surface area contributed by atoms with Gasteiger partial charge in [0, 0.05) is 31.9 Å². The average Bonchev–Trinajstić information content (AvgIpc) is 2.90. The van der Waals surface area contributed by atoms with Crippen LogP contribution in [0.5, 0.6) is 5.75 Å². The Kier molecular flexibility index (Phi) is 6.51. The number of fused-ring (bicyclic) bond motifs is 3. The first-order valence-corrected chi connectivity index (χ1v) is 12.0. The number of carbonyl (C=O) groups is 1. The molecule has 1 saturated heterocycles. The van der Waals surface area contributed by atoms with Gasteiger partial charge >= 0.3 is 6.18 Å². The molecule has 2 aliphatic heterocycles. The number of hydrogen-bond donors (Lipinski definition) is 1. The van der Waals surface area contributed by atoms with Crippen molar-refractivity contribution in [3.05, 3.63) is 89.5 Å². The van der Waals surface area contributed by atoms with Crippen molar-refractivity contribution in [2.45, 2.75) is 25.2 Å². The van der Waals surface area contributed by atoms with E-state index < -0.39 is 17.7 Å². The predicted octanol–water partition coefficient (Wildman–Crippen LogP) is 4.90. The van der Waals surface area contributed by atoms with Crippen molar-refractivity contribution >= 4 is 17.3 Å². The number of halogens is 3. The first kappa shape index (κ1) is 24.0. The summed E-state index contributed by atoms with van der Waals surface area (Å²) in [6, 6.07) is 21.1. The maximum atomic E-state index is 13.5. The van der Waals surface area contributed by atoms with E-state index in [2.05, 4.69) is 15.1 Å². The van der Waals surface area contributed by atoms with E-state index in [1.165, 1.54) is 6.07 Å². The molecule has 0 unspecified atom stereocenters. The van der Waals surface area contributed by atoms with E-state index in [-0.39, 0.29) is 18.4 Å². The zero-order chi connectivity index (χ0) is 25.3. The van der Waals surface area contributed by atoms with Gasteiger partial charge in [0.05, 0.1) is 30.3 Å². The van der Waals surface area contributed by atoms with Gasteiger partial charge in [-0.3, -0.25) is 4.79 Å². The molecule has 36 heavy (non-hydrogen) atoms. The fourth-order valence-corrected chi connectivity index (χ4v) is 5.33. The van der Waals surface area contributed by atoms with Gasteiger partial charge in [-0.1, -0.05) is 42.5 Å². The van der Waals surface area contributed by atoms with Crippen molar-refractivity contribution in [3.8, 4) is 5.75 Å². The van der Waals surface area contributed by atoms with Crippen LogP contribution in [-0.2, 0) is 23.9 Å². The Morgan fingerprint density at radius 1 is 1.00 bits per heavy atom. The number of piperazine rings is 1. The number of para-hydroxylation sites is 2. The van der Waals surface area contributed by atoms with Crippen LogP contribution in [0.1, 0.15) is 16.7 Å². The van der Waals surface area contributed by atoms with E-state index in [4.69, 9.17) is 4.74 Å². The van der Waals surface area contributed by atoms with Crippen molar-refractivity contribution in [3.63, 3.8) is 0 Å². The van der Waals surface area contributed by atoms with E-state index >= 15 is 0 Å². The van der Waals surface area contributed by atoms with E-state index in [1.807, 2.05) is 54.6 Å². The maximum absolute atomic E-state index is 13.5. The average molecular weight is 496 g/mol. The van der Waals surface area contributed by atoms with Crippen LogP contribution >= 0.6 is 0 Å². The number of amides is 1. The number of methoxy groups -OCH3 is 1. The molecule has 8 heteroatoms. The minimum Gasteiger partial charge on any atom is -0.495 e. The highest BCUT2D eigenvalue weighted by Crippen LogP contribution is 2.41. The monoisotopic (exact) mass is 495 g/mol. The third-order valence-corrected chi connectivity index (χ3v) is 7.11. The molecule has 1 fully saturated rings. The molecule has 0 aromatic heterocycles. The third kappa shape index (κ3) is 4.72. The number of hydrogen-bond acceptors (Lipinski definition) is 4. The Hall–Kier alpha value is -3.68. The summed E-state index contributed by atoms with van der Waals surface area (Å²) in [5.74, 6) is 0.100. The van der Waals surface area contributed by atoms with Gasteiger partial charge in [0.2, 0.25) is 5.91 Å². The first-order chi connectivity index (χ1) is 17.3. The summed E-state index contributed by atoms with van der Waals surface area (Å²) in [7, 11) is 1.63. The number of carbonyl (C=O) groups excluding carboxylic acids is 1. The molecule has 0 spiro atoms. The third-order valence-electron chi connectivity index (χ3n) is 7.11. The van der Waals surface area contributed by atoms with Crippen molar-refractivity contribution in [1.82, 2.24) is 5.32 Å². The smallest absolute Gasteiger partial charge is 0.416 e. The Bertz CT molecular complexity index is 1230. The van der Waals surface area contributed by atoms with Crippen LogP contribution in [0, 0.1) is 5.92 Å². The lowest BCUT2D eigenvalue weighted by Crippen LogP contribution is -2.61. The second-order valence-corrected chi connectivity index (χ2v) is 9.23. The van der Waals surface area contributed by atoms with Gasteiger partial charge in [0.15, 0.2) is 0 Å². The summed E-state index contributed by atoms with van der Waals surface area (Å²) in [4.78, 5) is 17.8. The van der Waals surface area contributed by atoms with Gasteiger partial charge in [0.25, 0.3) is 0 Å². The molecule has 2 aliphatic rings. The van der Waals surface area contributed by atoms with Gasteiger partial charge in [-0.25, -0.2) is 0 Å². The van der Waals surface area contributed by atoms with Crippen LogP contribution in [0.15, 0.2) is 72.8 Å². The molecule has 3 aromatic rings. The number of nitrogens with one attached hydrogen (secondary N) is 1. The Morgan fingerprint density at radius 2 is 1.75 bits per heavy atom.